The summed E-state index contributed by atoms with van der Waals surface area (Å²) in [6, 6.07) is 7.23. The molecule has 2 rings (SSSR count). The van der Waals surface area contributed by atoms with E-state index < -0.39 is 12.0 Å². The second kappa shape index (κ2) is 9.60. The molecule has 1 aromatic carbocycles. The lowest BCUT2D eigenvalue weighted by atomic mass is 10.0. The standard InChI is InChI=1S/C20H27N3O3S/c1-5-15(6-2)23-13(3)17(12-21-23)20(26)22-18(11-19(24)25)14-7-9-16(27-4)10-8-14/h7-10,12,15,18H,5-6,11H2,1-4H3,(H,22,26)(H,24,25). The number of benzene rings is 1. The van der Waals surface area contributed by atoms with Gasteiger partial charge in [-0.05, 0) is 43.7 Å². The zero-order chi connectivity index (χ0) is 20.0. The van der Waals surface area contributed by atoms with Crippen molar-refractivity contribution in [3.05, 3.63) is 47.3 Å². The maximum absolute atomic E-state index is 12.8. The third-order valence-electron chi connectivity index (χ3n) is 4.78. The fourth-order valence-corrected chi connectivity index (χ4v) is 3.56. The Labute approximate surface area is 164 Å². The van der Waals surface area contributed by atoms with Gasteiger partial charge in [-0.25, -0.2) is 0 Å². The van der Waals surface area contributed by atoms with E-state index in [1.807, 2.05) is 42.1 Å². The average Bonchev–Trinajstić information content (AvgIpc) is 3.03. The summed E-state index contributed by atoms with van der Waals surface area (Å²) >= 11 is 1.61. The van der Waals surface area contributed by atoms with Crippen molar-refractivity contribution in [1.29, 1.82) is 0 Å². The van der Waals surface area contributed by atoms with Gasteiger partial charge in [-0.15, -0.1) is 11.8 Å². The molecule has 146 valence electrons. The number of carboxylic acid groups (broad SMARTS) is 1. The number of hydrogen-bond donors (Lipinski definition) is 2. The molecule has 1 heterocycles. The summed E-state index contributed by atoms with van der Waals surface area (Å²) in [5.74, 6) is -1.26. The fourth-order valence-electron chi connectivity index (χ4n) is 3.15. The van der Waals surface area contributed by atoms with E-state index in [2.05, 4.69) is 24.3 Å². The van der Waals surface area contributed by atoms with Gasteiger partial charge in [0.1, 0.15) is 0 Å². The van der Waals surface area contributed by atoms with Gasteiger partial charge in [0, 0.05) is 10.6 Å². The van der Waals surface area contributed by atoms with E-state index in [1.165, 1.54) is 0 Å². The molecule has 0 aliphatic rings. The number of thioether (sulfide) groups is 1. The third-order valence-corrected chi connectivity index (χ3v) is 5.52. The zero-order valence-electron chi connectivity index (χ0n) is 16.2. The van der Waals surface area contributed by atoms with Crippen LogP contribution in [0, 0.1) is 6.92 Å². The number of carboxylic acids is 1. The van der Waals surface area contributed by atoms with Crippen LogP contribution in [0.1, 0.15) is 66.8 Å². The van der Waals surface area contributed by atoms with Gasteiger partial charge in [0.2, 0.25) is 0 Å². The Morgan fingerprint density at radius 1 is 1.22 bits per heavy atom. The first kappa shape index (κ1) is 21.0. The molecule has 2 aromatic rings. The van der Waals surface area contributed by atoms with E-state index in [4.69, 9.17) is 0 Å². The summed E-state index contributed by atoms with van der Waals surface area (Å²) < 4.78 is 1.88. The largest absolute Gasteiger partial charge is 0.481 e. The number of aromatic nitrogens is 2. The predicted molar refractivity (Wildman–Crippen MR) is 107 cm³/mol. The minimum Gasteiger partial charge on any atom is -0.481 e. The van der Waals surface area contributed by atoms with Crippen molar-refractivity contribution in [3.63, 3.8) is 0 Å². The van der Waals surface area contributed by atoms with Gasteiger partial charge in [-0.3, -0.25) is 14.3 Å². The number of carbonyl (C=O) groups is 2. The Morgan fingerprint density at radius 3 is 2.37 bits per heavy atom. The van der Waals surface area contributed by atoms with Crippen molar-refractivity contribution in [2.45, 2.75) is 57.0 Å². The highest BCUT2D eigenvalue weighted by atomic mass is 32.2. The van der Waals surface area contributed by atoms with Crippen molar-refractivity contribution in [2.24, 2.45) is 0 Å². The Bertz CT molecular complexity index is 782. The minimum atomic E-state index is -0.960. The van der Waals surface area contributed by atoms with Crippen LogP contribution in [-0.2, 0) is 4.79 Å². The molecular formula is C20H27N3O3S. The molecule has 0 spiro atoms. The number of nitrogens with one attached hydrogen (secondary N) is 1. The minimum absolute atomic E-state index is 0.177. The Hall–Kier alpha value is -2.28. The summed E-state index contributed by atoms with van der Waals surface area (Å²) in [6.07, 6.45) is 5.24. The number of rotatable bonds is 9. The van der Waals surface area contributed by atoms with Crippen molar-refractivity contribution < 1.29 is 14.7 Å². The number of carbonyl (C=O) groups excluding carboxylic acids is 1. The molecule has 0 saturated heterocycles. The van der Waals surface area contributed by atoms with Crippen molar-refractivity contribution >= 4 is 23.6 Å². The smallest absolute Gasteiger partial charge is 0.305 e. The van der Waals surface area contributed by atoms with Gasteiger partial charge in [0.15, 0.2) is 0 Å². The highest BCUT2D eigenvalue weighted by Gasteiger charge is 2.23. The van der Waals surface area contributed by atoms with E-state index in [1.54, 1.807) is 18.0 Å². The van der Waals surface area contributed by atoms with E-state index in [0.717, 1.165) is 29.0 Å². The molecule has 0 bridgehead atoms. The molecule has 1 atom stereocenters. The van der Waals surface area contributed by atoms with Crippen molar-refractivity contribution in [1.82, 2.24) is 15.1 Å². The number of hydrogen-bond acceptors (Lipinski definition) is 4. The van der Waals surface area contributed by atoms with Crippen LogP contribution in [0.15, 0.2) is 35.4 Å². The SMILES string of the molecule is CCC(CC)n1ncc(C(=O)NC(CC(=O)O)c2ccc(SC)cc2)c1C. The molecule has 0 fully saturated rings. The van der Waals surface area contributed by atoms with Gasteiger partial charge >= 0.3 is 5.97 Å². The van der Waals surface area contributed by atoms with Gasteiger partial charge in [-0.2, -0.15) is 5.10 Å². The number of amides is 1. The topological polar surface area (TPSA) is 84.2 Å². The third kappa shape index (κ3) is 5.13. The summed E-state index contributed by atoms with van der Waals surface area (Å²) in [4.78, 5) is 25.2. The molecule has 0 aliphatic carbocycles. The average molecular weight is 390 g/mol. The van der Waals surface area contributed by atoms with Crippen molar-refractivity contribution in [3.8, 4) is 0 Å². The lowest BCUT2D eigenvalue weighted by Crippen LogP contribution is -2.30. The molecular weight excluding hydrogens is 362 g/mol. The quantitative estimate of drug-likeness (QED) is 0.627. The number of aliphatic carboxylic acids is 1. The summed E-state index contributed by atoms with van der Waals surface area (Å²) in [7, 11) is 0. The maximum Gasteiger partial charge on any atom is 0.305 e. The maximum atomic E-state index is 12.8. The van der Waals surface area contributed by atoms with Gasteiger partial charge < -0.3 is 10.4 Å². The monoisotopic (exact) mass is 389 g/mol. The molecule has 0 aliphatic heterocycles. The molecule has 1 aromatic heterocycles. The molecule has 0 saturated carbocycles. The molecule has 7 heteroatoms. The van der Waals surface area contributed by atoms with Crippen LogP contribution >= 0.6 is 11.8 Å². The van der Waals surface area contributed by atoms with Gasteiger partial charge in [0.05, 0.1) is 30.3 Å². The van der Waals surface area contributed by atoms with E-state index in [0.29, 0.717) is 5.56 Å². The second-order valence-electron chi connectivity index (χ2n) is 6.46. The van der Waals surface area contributed by atoms with Gasteiger partial charge in [0.25, 0.3) is 5.91 Å². The second-order valence-corrected chi connectivity index (χ2v) is 7.34. The first-order valence-corrected chi connectivity index (χ1v) is 10.3. The summed E-state index contributed by atoms with van der Waals surface area (Å²) in [5, 5.41) is 16.5. The van der Waals surface area contributed by atoms with E-state index >= 15 is 0 Å². The normalized spacial score (nSPS) is 12.2. The fraction of sp³-hybridized carbons (Fsp3) is 0.450. The predicted octanol–water partition coefficient (Wildman–Crippen LogP) is 4.22. The lowest BCUT2D eigenvalue weighted by molar-refractivity contribution is -0.137. The van der Waals surface area contributed by atoms with Crippen LogP contribution in [0.5, 0.6) is 0 Å². The summed E-state index contributed by atoms with van der Waals surface area (Å²) in [5.41, 5.74) is 2.06. The number of nitrogens with zero attached hydrogens (tertiary/aromatic N) is 2. The Morgan fingerprint density at radius 2 is 1.85 bits per heavy atom. The van der Waals surface area contributed by atoms with Crippen LogP contribution in [0.3, 0.4) is 0 Å². The molecule has 1 amide bonds. The molecule has 2 N–H and O–H groups in total. The lowest BCUT2D eigenvalue weighted by Gasteiger charge is -2.18. The van der Waals surface area contributed by atoms with E-state index in [9.17, 15) is 14.7 Å². The Balaban J connectivity index is 2.24. The van der Waals surface area contributed by atoms with Crippen LogP contribution in [0.2, 0.25) is 0 Å². The van der Waals surface area contributed by atoms with Crippen LogP contribution in [0.25, 0.3) is 0 Å². The highest BCUT2D eigenvalue weighted by molar-refractivity contribution is 7.98. The summed E-state index contributed by atoms with van der Waals surface area (Å²) in [6.45, 7) is 6.06. The van der Waals surface area contributed by atoms with Crippen molar-refractivity contribution in [2.75, 3.05) is 6.26 Å². The Kier molecular flexibility index (Phi) is 7.47. The van der Waals surface area contributed by atoms with E-state index in [-0.39, 0.29) is 18.4 Å². The molecule has 6 nitrogen and oxygen atoms in total. The molecule has 0 radical (unpaired) electrons. The van der Waals surface area contributed by atoms with Crippen LogP contribution in [0.4, 0.5) is 0 Å². The van der Waals surface area contributed by atoms with Crippen LogP contribution in [-0.4, -0.2) is 33.0 Å². The zero-order valence-corrected chi connectivity index (χ0v) is 17.0. The molecule has 27 heavy (non-hydrogen) atoms. The molecule has 1 unspecified atom stereocenters. The first-order valence-electron chi connectivity index (χ1n) is 9.11. The van der Waals surface area contributed by atoms with Gasteiger partial charge in [-0.1, -0.05) is 26.0 Å². The first-order chi connectivity index (χ1) is 12.9. The van der Waals surface area contributed by atoms with Crippen LogP contribution < -0.4 is 5.32 Å². The highest BCUT2D eigenvalue weighted by Crippen LogP contribution is 2.23.